The molecule has 2 aliphatic heterocycles. The van der Waals surface area contributed by atoms with Crippen molar-refractivity contribution in [2.75, 3.05) is 0 Å². The molecule has 0 bridgehead atoms. The zero-order chi connectivity index (χ0) is 22.0. The topological polar surface area (TPSA) is 86.3 Å². The molecule has 4 aromatic rings. The highest BCUT2D eigenvalue weighted by Gasteiger charge is 2.50. The Hall–Kier alpha value is -3.91. The first-order valence-corrected chi connectivity index (χ1v) is 9.97. The van der Waals surface area contributed by atoms with Gasteiger partial charge in [-0.15, -0.1) is 0 Å². The molecule has 1 atom stereocenters. The highest BCUT2D eigenvalue weighted by molar-refractivity contribution is 6.29. The van der Waals surface area contributed by atoms with Crippen LogP contribution in [-0.2, 0) is 5.54 Å². The van der Waals surface area contributed by atoms with Gasteiger partial charge in [-0.05, 0) is 42.0 Å². The molecule has 0 aliphatic carbocycles. The third kappa shape index (κ3) is 2.44. The first kappa shape index (κ1) is 18.8. The zero-order valence-electron chi connectivity index (χ0n) is 16.2. The quantitative estimate of drug-likeness (QED) is 0.431. The maximum Gasteiger partial charge on any atom is 0.257 e. The van der Waals surface area contributed by atoms with Crippen molar-refractivity contribution in [1.82, 2.24) is 15.0 Å². The molecule has 9 heteroatoms. The van der Waals surface area contributed by atoms with Crippen molar-refractivity contribution in [2.24, 2.45) is 10.7 Å². The SMILES string of the molecule is NC1=NC2(c3cc(-c4cccnc4F)ccc3Oc3c2cc(Cl)nc3F)c2cnccc21. The second-order valence-electron chi connectivity index (χ2n) is 7.40. The molecule has 6 rings (SSSR count). The van der Waals surface area contributed by atoms with E-state index in [1.807, 2.05) is 0 Å². The molecule has 6 nitrogen and oxygen atoms in total. The number of nitrogens with two attached hydrogens (primary N) is 1. The number of rotatable bonds is 1. The van der Waals surface area contributed by atoms with E-state index >= 15 is 0 Å². The summed E-state index contributed by atoms with van der Waals surface area (Å²) in [6.07, 6.45) is 4.60. The smallest absolute Gasteiger partial charge is 0.257 e. The fraction of sp³-hybridized carbons (Fsp3) is 0.0435. The summed E-state index contributed by atoms with van der Waals surface area (Å²) in [5, 5.41) is -0.0618. The van der Waals surface area contributed by atoms with Crippen LogP contribution < -0.4 is 10.5 Å². The number of benzene rings is 1. The summed E-state index contributed by atoms with van der Waals surface area (Å²) in [7, 11) is 0. The number of pyridine rings is 3. The van der Waals surface area contributed by atoms with E-state index in [4.69, 9.17) is 27.1 Å². The molecule has 1 aromatic carbocycles. The fourth-order valence-corrected chi connectivity index (χ4v) is 4.57. The summed E-state index contributed by atoms with van der Waals surface area (Å²) in [5.74, 6) is -0.996. The number of hydrogen-bond acceptors (Lipinski definition) is 6. The van der Waals surface area contributed by atoms with E-state index in [1.54, 1.807) is 48.8 Å². The Kier molecular flexibility index (Phi) is 3.85. The van der Waals surface area contributed by atoms with Crippen LogP contribution in [0.15, 0.2) is 66.0 Å². The first-order chi connectivity index (χ1) is 15.5. The molecular formula is C23H12ClF2N5O. The molecule has 5 heterocycles. The number of ether oxygens (including phenoxy) is 1. The summed E-state index contributed by atoms with van der Waals surface area (Å²) >= 11 is 6.12. The summed E-state index contributed by atoms with van der Waals surface area (Å²) in [6.45, 7) is 0. The van der Waals surface area contributed by atoms with Gasteiger partial charge in [-0.25, -0.2) is 15.0 Å². The summed E-state index contributed by atoms with van der Waals surface area (Å²) in [6, 6.07) is 11.5. The van der Waals surface area contributed by atoms with Crippen molar-refractivity contribution >= 4 is 17.4 Å². The highest BCUT2D eigenvalue weighted by Crippen LogP contribution is 2.56. The van der Waals surface area contributed by atoms with Gasteiger partial charge in [0, 0.05) is 46.4 Å². The Bertz CT molecular complexity index is 1470. The van der Waals surface area contributed by atoms with E-state index in [9.17, 15) is 8.78 Å². The van der Waals surface area contributed by atoms with Crippen LogP contribution in [0.5, 0.6) is 11.5 Å². The second kappa shape index (κ2) is 6.54. The molecule has 1 spiro atoms. The first-order valence-electron chi connectivity index (χ1n) is 9.59. The van der Waals surface area contributed by atoms with Crippen LogP contribution in [0, 0.1) is 11.9 Å². The van der Waals surface area contributed by atoms with Crippen LogP contribution in [0.3, 0.4) is 0 Å². The maximum atomic E-state index is 14.9. The number of nitrogens with zero attached hydrogens (tertiary/aromatic N) is 4. The molecule has 1 unspecified atom stereocenters. The molecular weight excluding hydrogens is 436 g/mol. The van der Waals surface area contributed by atoms with Gasteiger partial charge in [0.15, 0.2) is 5.75 Å². The van der Waals surface area contributed by atoms with Crippen molar-refractivity contribution in [3.05, 3.63) is 100 Å². The summed E-state index contributed by atoms with van der Waals surface area (Å²) < 4.78 is 35.2. The number of halogens is 3. The summed E-state index contributed by atoms with van der Waals surface area (Å²) in [5.41, 5.74) is 8.01. The molecule has 0 fully saturated rings. The number of aromatic nitrogens is 3. The van der Waals surface area contributed by atoms with Crippen LogP contribution >= 0.6 is 11.6 Å². The average Bonchev–Trinajstić information content (AvgIpc) is 3.08. The number of amidine groups is 1. The normalized spacial score (nSPS) is 17.9. The standard InChI is InChI=1S/C23H12ClF2N5O/c24-18-9-15-19(21(26)30-18)32-17-4-3-11(12-2-1-6-29-20(12)25)8-14(17)23(15)16-10-28-7-5-13(16)22(27)31-23/h1-10H,(H2,27,31). The Morgan fingerprint density at radius 1 is 0.938 bits per heavy atom. The Labute approximate surface area is 185 Å². The second-order valence-corrected chi connectivity index (χ2v) is 7.78. The largest absolute Gasteiger partial charge is 0.452 e. The van der Waals surface area contributed by atoms with Crippen LogP contribution in [0.2, 0.25) is 5.15 Å². The van der Waals surface area contributed by atoms with Gasteiger partial charge >= 0.3 is 0 Å². The van der Waals surface area contributed by atoms with E-state index in [2.05, 4.69) is 15.0 Å². The lowest BCUT2D eigenvalue weighted by molar-refractivity contribution is 0.385. The van der Waals surface area contributed by atoms with Gasteiger partial charge in [0.05, 0.1) is 0 Å². The minimum atomic E-state index is -1.29. The van der Waals surface area contributed by atoms with Gasteiger partial charge in [0.1, 0.15) is 22.3 Å². The van der Waals surface area contributed by atoms with Crippen LogP contribution in [0.25, 0.3) is 11.1 Å². The predicted octanol–water partition coefficient (Wildman–Crippen LogP) is 4.59. The van der Waals surface area contributed by atoms with E-state index in [0.29, 0.717) is 39.1 Å². The maximum absolute atomic E-state index is 14.9. The van der Waals surface area contributed by atoms with Gasteiger partial charge in [-0.2, -0.15) is 8.78 Å². The van der Waals surface area contributed by atoms with E-state index < -0.39 is 17.4 Å². The van der Waals surface area contributed by atoms with Gasteiger partial charge in [0.2, 0.25) is 5.95 Å². The molecule has 0 saturated heterocycles. The molecule has 156 valence electrons. The van der Waals surface area contributed by atoms with E-state index in [1.165, 1.54) is 12.3 Å². The van der Waals surface area contributed by atoms with Gasteiger partial charge in [-0.1, -0.05) is 17.7 Å². The lowest BCUT2D eigenvalue weighted by atomic mass is 9.75. The number of fused-ring (bicyclic) bond motifs is 6. The third-order valence-corrected chi connectivity index (χ3v) is 5.91. The fourth-order valence-electron chi connectivity index (χ4n) is 4.38. The Morgan fingerprint density at radius 3 is 2.66 bits per heavy atom. The van der Waals surface area contributed by atoms with Crippen LogP contribution in [0.4, 0.5) is 8.78 Å². The van der Waals surface area contributed by atoms with Crippen molar-refractivity contribution in [1.29, 1.82) is 0 Å². The van der Waals surface area contributed by atoms with E-state index in [-0.39, 0.29) is 16.7 Å². The molecule has 0 saturated carbocycles. The van der Waals surface area contributed by atoms with Crippen LogP contribution in [0.1, 0.15) is 22.3 Å². The van der Waals surface area contributed by atoms with Crippen molar-refractivity contribution in [3.63, 3.8) is 0 Å². The Morgan fingerprint density at radius 2 is 1.81 bits per heavy atom. The monoisotopic (exact) mass is 447 g/mol. The molecule has 0 amide bonds. The molecule has 3 aromatic heterocycles. The van der Waals surface area contributed by atoms with E-state index in [0.717, 1.165) is 0 Å². The summed E-state index contributed by atoms with van der Waals surface area (Å²) in [4.78, 5) is 16.4. The highest BCUT2D eigenvalue weighted by atomic mass is 35.5. The van der Waals surface area contributed by atoms with Gasteiger partial charge in [-0.3, -0.25) is 4.98 Å². The Balaban J connectivity index is 1.72. The zero-order valence-corrected chi connectivity index (χ0v) is 16.9. The molecule has 2 N–H and O–H groups in total. The minimum Gasteiger partial charge on any atom is -0.452 e. The van der Waals surface area contributed by atoms with Crippen molar-refractivity contribution in [3.8, 4) is 22.6 Å². The molecule has 32 heavy (non-hydrogen) atoms. The van der Waals surface area contributed by atoms with Crippen molar-refractivity contribution < 1.29 is 13.5 Å². The lowest BCUT2D eigenvalue weighted by Crippen LogP contribution is -2.30. The van der Waals surface area contributed by atoms with Gasteiger partial charge in [0.25, 0.3) is 5.95 Å². The number of hydrogen-bond donors (Lipinski definition) is 1. The van der Waals surface area contributed by atoms with Crippen LogP contribution in [-0.4, -0.2) is 20.8 Å². The number of aliphatic imine (C=N–C) groups is 1. The molecule has 2 aliphatic rings. The van der Waals surface area contributed by atoms with Crippen molar-refractivity contribution in [2.45, 2.75) is 5.54 Å². The third-order valence-electron chi connectivity index (χ3n) is 5.72. The lowest BCUT2D eigenvalue weighted by Gasteiger charge is -2.35. The molecule has 0 radical (unpaired) electrons. The van der Waals surface area contributed by atoms with Gasteiger partial charge < -0.3 is 10.5 Å². The average molecular weight is 448 g/mol. The minimum absolute atomic E-state index is 0.0618. The predicted molar refractivity (Wildman–Crippen MR) is 114 cm³/mol.